The van der Waals surface area contributed by atoms with Gasteiger partial charge in [-0.25, -0.2) is 9.97 Å². The second kappa shape index (κ2) is 35.2. The molecular formula is C134H88N12. The van der Waals surface area contributed by atoms with E-state index in [4.69, 9.17) is 9.97 Å². The maximum absolute atomic E-state index is 5.19. The minimum absolute atomic E-state index is 0.652. The van der Waals surface area contributed by atoms with Gasteiger partial charge in [0.1, 0.15) is 0 Å². The number of aromatic nitrogens is 12. The van der Waals surface area contributed by atoms with Crippen molar-refractivity contribution in [1.82, 2.24) is 56.5 Å². The molecule has 0 spiro atoms. The Morgan fingerprint density at radius 1 is 0.130 bits per heavy atom. The van der Waals surface area contributed by atoms with Crippen molar-refractivity contribution < 1.29 is 0 Å². The molecule has 0 saturated carbocycles. The molecule has 12 heteroatoms. The van der Waals surface area contributed by atoms with Crippen molar-refractivity contribution in [3.8, 4) is 79.4 Å². The van der Waals surface area contributed by atoms with E-state index in [2.05, 4.69) is 544 Å². The van der Waals surface area contributed by atoms with Crippen LogP contribution in [-0.2, 0) is 0 Å². The van der Waals surface area contributed by atoms with Crippen molar-refractivity contribution in [1.29, 1.82) is 0 Å². The molecule has 146 heavy (non-hydrogen) atoms. The molecule has 0 aliphatic rings. The predicted molar refractivity (Wildman–Crippen MR) is 608 cm³/mol. The molecule has 12 nitrogen and oxygen atoms in total. The van der Waals surface area contributed by atoms with Gasteiger partial charge >= 0.3 is 0 Å². The number of pyridine rings is 2. The first kappa shape index (κ1) is 84.3. The van der Waals surface area contributed by atoms with Gasteiger partial charge in [0, 0.05) is 162 Å². The Labute approximate surface area is 838 Å². The zero-order valence-corrected chi connectivity index (χ0v) is 79.2. The van der Waals surface area contributed by atoms with Crippen LogP contribution in [0.15, 0.2) is 534 Å². The maximum atomic E-state index is 5.19. The second-order valence-electron chi connectivity index (χ2n) is 37.2. The normalized spacial score (nSPS) is 11.7. The van der Waals surface area contributed by atoms with Crippen LogP contribution in [0.1, 0.15) is 0 Å². The van der Waals surface area contributed by atoms with Crippen molar-refractivity contribution in [2.24, 2.45) is 0 Å². The molecule has 0 radical (unpaired) electrons. The number of hydrogen-bond donors (Lipinski definition) is 0. The number of nitrogens with zero attached hydrogens (tertiary/aromatic N) is 12. The summed E-state index contributed by atoms with van der Waals surface area (Å²) < 4.78 is 18.8. The number of hydrogen-bond acceptors (Lipinski definition) is 4. The lowest BCUT2D eigenvalue weighted by Crippen LogP contribution is -2.03. The van der Waals surface area contributed by atoms with Crippen molar-refractivity contribution in [2.45, 2.75) is 0 Å². The Morgan fingerprint density at radius 3 is 0.767 bits per heavy atom. The average molecular weight is 1870 g/mol. The van der Waals surface area contributed by atoms with E-state index in [0.29, 0.717) is 5.95 Å². The van der Waals surface area contributed by atoms with E-state index in [1.54, 1.807) is 0 Å². The molecular weight excluding hydrogens is 1780 g/mol. The minimum Gasteiger partial charge on any atom is -0.309 e. The van der Waals surface area contributed by atoms with Crippen LogP contribution in [0.25, 0.3) is 254 Å². The molecule has 11 heterocycles. The highest BCUT2D eigenvalue weighted by Crippen LogP contribution is 2.47. The smallest absolute Gasteiger partial charge is 0.235 e. The lowest BCUT2D eigenvalue weighted by atomic mass is 10.0. The third-order valence-electron chi connectivity index (χ3n) is 29.1. The summed E-state index contributed by atoms with van der Waals surface area (Å²) in [7, 11) is 0. The predicted octanol–water partition coefficient (Wildman–Crippen LogP) is 34.1. The van der Waals surface area contributed by atoms with Crippen LogP contribution in [-0.4, -0.2) is 56.5 Å². The van der Waals surface area contributed by atoms with Crippen molar-refractivity contribution >= 4 is 174 Å². The summed E-state index contributed by atoms with van der Waals surface area (Å²) in [5.41, 5.74) is 33.5. The van der Waals surface area contributed by atoms with Gasteiger partial charge in [0.25, 0.3) is 0 Å². The molecule has 0 saturated heterocycles. The van der Waals surface area contributed by atoms with Crippen LogP contribution < -0.4 is 0 Å². The second-order valence-corrected chi connectivity index (χ2v) is 37.2. The fourth-order valence-corrected chi connectivity index (χ4v) is 22.8. The fourth-order valence-electron chi connectivity index (χ4n) is 22.8. The van der Waals surface area contributed by atoms with E-state index >= 15 is 0 Å². The van der Waals surface area contributed by atoms with Gasteiger partial charge in [-0.3, -0.25) is 14.5 Å². The SMILES string of the molecule is c1cc(-n2c3ccccc3c3ccccc32)cc(-n2c3ccccc3c3ccccc32)c1.c1ccc(-c2cc(-c3ccccc3)nc(-n3c4ccccc4c4cc(-c5ccc6c(c5)c5ccccc5n6-c5ccccc5)ccc43)n2)cc1.c1ccc(-n2c3ccccc3c3cc4c5ccccc5n(-c5ccccc5)c4cc32)cc1.c1ccc2c(c1)c1c(ccc3c4ccccc4n(-c4ccncc4)c31)n2-c1ccncc1. The molecule has 0 bridgehead atoms. The van der Waals surface area contributed by atoms with Gasteiger partial charge in [-0.15, -0.1) is 0 Å². The summed E-state index contributed by atoms with van der Waals surface area (Å²) >= 11 is 0. The summed E-state index contributed by atoms with van der Waals surface area (Å²) in [6, 6.07) is 181. The quantitative estimate of drug-likeness (QED) is 0.129. The molecule has 20 aromatic carbocycles. The first-order valence-corrected chi connectivity index (χ1v) is 49.5. The summed E-state index contributed by atoms with van der Waals surface area (Å²) in [4.78, 5) is 18.9. The third-order valence-corrected chi connectivity index (χ3v) is 29.1. The van der Waals surface area contributed by atoms with E-state index in [1.807, 2.05) is 36.9 Å². The number of rotatable bonds is 11. The van der Waals surface area contributed by atoms with Gasteiger partial charge in [0.15, 0.2) is 0 Å². The average Bonchev–Trinajstić information content (AvgIpc) is 1.55. The third kappa shape index (κ3) is 14.0. The van der Waals surface area contributed by atoms with Crippen LogP contribution in [0.3, 0.4) is 0 Å². The highest BCUT2D eigenvalue weighted by atomic mass is 15.2. The molecule has 11 aromatic heterocycles. The Morgan fingerprint density at radius 2 is 0.384 bits per heavy atom. The van der Waals surface area contributed by atoms with Gasteiger partial charge in [-0.2, -0.15) is 0 Å². The molecule has 0 unspecified atom stereocenters. The molecule has 31 aromatic rings. The number of fused-ring (bicyclic) bond motifs is 25. The molecule has 684 valence electrons. The highest BCUT2D eigenvalue weighted by molar-refractivity contribution is 6.27. The van der Waals surface area contributed by atoms with Crippen LogP contribution in [0.2, 0.25) is 0 Å². The topological polar surface area (TPSA) is 91.0 Å². The van der Waals surface area contributed by atoms with E-state index in [1.165, 1.54) is 197 Å². The number of para-hydroxylation sites is 13. The number of benzene rings is 20. The zero-order chi connectivity index (χ0) is 96.2. The first-order valence-electron chi connectivity index (χ1n) is 49.5. The van der Waals surface area contributed by atoms with Gasteiger partial charge in [-0.05, 0) is 199 Å². The Kier molecular flexibility index (Phi) is 20.3. The summed E-state index contributed by atoms with van der Waals surface area (Å²) in [6.45, 7) is 0. The van der Waals surface area contributed by atoms with E-state index in [9.17, 15) is 0 Å². The Bertz CT molecular complexity index is 10000. The zero-order valence-electron chi connectivity index (χ0n) is 79.2. The van der Waals surface area contributed by atoms with Crippen molar-refractivity contribution in [2.75, 3.05) is 0 Å². The van der Waals surface area contributed by atoms with E-state index in [0.717, 1.165) is 50.6 Å². The van der Waals surface area contributed by atoms with Crippen LogP contribution >= 0.6 is 0 Å². The largest absolute Gasteiger partial charge is 0.309 e. The van der Waals surface area contributed by atoms with Gasteiger partial charge in [-0.1, -0.05) is 322 Å². The molecule has 0 fully saturated rings. The van der Waals surface area contributed by atoms with Gasteiger partial charge < -0.3 is 32.0 Å². The molecule has 0 aliphatic carbocycles. The van der Waals surface area contributed by atoms with Crippen LogP contribution in [0.5, 0.6) is 0 Å². The molecule has 0 aliphatic heterocycles. The summed E-state index contributed by atoms with van der Waals surface area (Å²) in [5.74, 6) is 0.652. The summed E-state index contributed by atoms with van der Waals surface area (Å²) in [6.07, 6.45) is 7.41. The first-order chi connectivity index (χ1) is 72.5. The van der Waals surface area contributed by atoms with Gasteiger partial charge in [0.05, 0.1) is 99.7 Å². The van der Waals surface area contributed by atoms with E-state index < -0.39 is 0 Å². The maximum Gasteiger partial charge on any atom is 0.235 e. The Balaban J connectivity index is 0.0000000963. The standard InChI is InChI=1S/C46H30N4.2C30H20N2.C28H18N4/c1-4-14-31(15-5-1)40-30-41(32-16-6-2-7-17-32)48-46(47-40)50-43-23-13-11-21-37(43)39-29-34(25-27-45(39)50)33-24-26-44-38(28-33)36-20-10-12-22-42(36)49(44)35-18-8-3-9-19-35;1-5-16-27-23(12-1)24-13-2-6-17-28(24)31(27)21-10-9-11-22(20-21)32-29-18-7-3-14-25(29)26-15-4-8-19-30(26)32;1-3-11-21(12-4-1)31-27-17-9-7-15-23(27)25-19-26-24-16-8-10-18-28(24)32(30(26)20-29(25)31)22-13-5-2-6-14-22;1-3-7-24-21(5-1)22-9-10-26-27(28(22)32(24)20-13-17-30-18-14-20)23-6-2-4-8-25(23)31(26)19-11-15-29-16-12-19/h1-30H;2*1-20H;1-18H. The van der Waals surface area contributed by atoms with Crippen molar-refractivity contribution in [3.05, 3.63) is 534 Å². The van der Waals surface area contributed by atoms with Crippen LogP contribution in [0.4, 0.5) is 0 Å². The molecule has 0 N–H and O–H groups in total. The van der Waals surface area contributed by atoms with Crippen molar-refractivity contribution in [3.63, 3.8) is 0 Å². The lowest BCUT2D eigenvalue weighted by molar-refractivity contribution is 0.995. The Hall–Kier alpha value is -19.8. The molecule has 31 rings (SSSR count). The van der Waals surface area contributed by atoms with Crippen LogP contribution in [0, 0.1) is 0 Å². The van der Waals surface area contributed by atoms with E-state index in [-0.39, 0.29) is 0 Å². The van der Waals surface area contributed by atoms with Gasteiger partial charge in [0.2, 0.25) is 5.95 Å². The highest BCUT2D eigenvalue weighted by Gasteiger charge is 2.26. The minimum atomic E-state index is 0.652. The summed E-state index contributed by atoms with van der Waals surface area (Å²) in [5, 5.41) is 20.1. The fraction of sp³-hybridized carbons (Fsp3) is 0. The molecule has 0 atom stereocenters. The lowest BCUT2D eigenvalue weighted by Gasteiger charge is -2.12. The monoisotopic (exact) mass is 1860 g/mol. The molecule has 0 amide bonds.